The number of nitrogens with zero attached hydrogens (tertiary/aromatic N) is 4. The second-order valence-corrected chi connectivity index (χ2v) is 5.85. The molecule has 0 radical (unpaired) electrons. The summed E-state index contributed by atoms with van der Waals surface area (Å²) in [5, 5.41) is 8.70. The van der Waals surface area contributed by atoms with E-state index in [1.54, 1.807) is 29.3 Å². The minimum Gasteiger partial charge on any atom is -0.422 e. The highest BCUT2D eigenvalue weighted by Gasteiger charge is 2.25. The van der Waals surface area contributed by atoms with Gasteiger partial charge < -0.3 is 14.2 Å². The Morgan fingerprint density at radius 3 is 2.60 bits per heavy atom. The number of rotatable bonds is 2. The average molecular weight is 336 g/mol. The number of fused-ring (bicyclic) bond motifs is 1. The molecule has 0 bridgehead atoms. The minimum absolute atomic E-state index is 0.0756. The zero-order valence-corrected chi connectivity index (χ0v) is 13.5. The van der Waals surface area contributed by atoms with Crippen LogP contribution in [0.2, 0.25) is 0 Å². The lowest BCUT2D eigenvalue weighted by Gasteiger charge is -2.34. The molecule has 2 aromatic heterocycles. The summed E-state index contributed by atoms with van der Waals surface area (Å²) >= 11 is 0. The number of hydrogen-bond donors (Lipinski definition) is 0. The molecule has 0 aliphatic carbocycles. The van der Waals surface area contributed by atoms with Gasteiger partial charge in [0.05, 0.1) is 0 Å². The first-order valence-electron chi connectivity index (χ1n) is 8.07. The van der Waals surface area contributed by atoms with E-state index in [1.165, 1.54) is 0 Å². The predicted molar refractivity (Wildman–Crippen MR) is 92.6 cm³/mol. The largest absolute Gasteiger partial charge is 0.422 e. The maximum absolute atomic E-state index is 12.7. The molecule has 3 heterocycles. The van der Waals surface area contributed by atoms with Gasteiger partial charge in [-0.1, -0.05) is 18.2 Å². The number of carbonyl (C=O) groups excluding carboxylic acids is 1. The lowest BCUT2D eigenvalue weighted by atomic mass is 10.1. The SMILES string of the molecule is O=C(c1cc2ccccc2oc1=O)N1CCN(c2cccnn2)CC1. The molecule has 0 spiro atoms. The van der Waals surface area contributed by atoms with Gasteiger partial charge in [0.25, 0.3) is 5.91 Å². The highest BCUT2D eigenvalue weighted by atomic mass is 16.4. The molecule has 0 atom stereocenters. The normalized spacial score (nSPS) is 14.7. The molecule has 1 saturated heterocycles. The molecule has 0 saturated carbocycles. The smallest absolute Gasteiger partial charge is 0.349 e. The molecule has 1 aliphatic heterocycles. The first-order valence-corrected chi connectivity index (χ1v) is 8.07. The molecule has 1 fully saturated rings. The summed E-state index contributed by atoms with van der Waals surface area (Å²) in [4.78, 5) is 28.6. The van der Waals surface area contributed by atoms with Crippen LogP contribution in [-0.2, 0) is 0 Å². The summed E-state index contributed by atoms with van der Waals surface area (Å²) < 4.78 is 5.26. The van der Waals surface area contributed by atoms with Crippen LogP contribution in [0.25, 0.3) is 11.0 Å². The monoisotopic (exact) mass is 336 g/mol. The lowest BCUT2D eigenvalue weighted by molar-refractivity contribution is 0.0742. The van der Waals surface area contributed by atoms with Gasteiger partial charge in [-0.05, 0) is 24.3 Å². The van der Waals surface area contributed by atoms with E-state index in [4.69, 9.17) is 4.42 Å². The molecule has 1 amide bonds. The molecule has 0 N–H and O–H groups in total. The molecular weight excluding hydrogens is 320 g/mol. The summed E-state index contributed by atoms with van der Waals surface area (Å²) in [5.74, 6) is 0.498. The van der Waals surface area contributed by atoms with E-state index in [0.29, 0.717) is 31.8 Å². The van der Waals surface area contributed by atoms with Crippen LogP contribution in [-0.4, -0.2) is 47.2 Å². The van der Waals surface area contributed by atoms with Gasteiger partial charge in [-0.3, -0.25) is 4.79 Å². The molecule has 0 unspecified atom stereocenters. The van der Waals surface area contributed by atoms with E-state index < -0.39 is 5.63 Å². The number of para-hydroxylation sites is 1. The number of hydrogen-bond acceptors (Lipinski definition) is 6. The summed E-state index contributed by atoms with van der Waals surface area (Å²) in [7, 11) is 0. The number of aromatic nitrogens is 2. The summed E-state index contributed by atoms with van der Waals surface area (Å²) in [5.41, 5.74) is -0.0387. The topological polar surface area (TPSA) is 79.5 Å². The van der Waals surface area contributed by atoms with Crippen LogP contribution in [0.15, 0.2) is 57.9 Å². The minimum atomic E-state index is -0.597. The Labute approximate surface area is 143 Å². The zero-order chi connectivity index (χ0) is 17.2. The summed E-state index contributed by atoms with van der Waals surface area (Å²) in [6.45, 7) is 2.32. The van der Waals surface area contributed by atoms with E-state index >= 15 is 0 Å². The zero-order valence-electron chi connectivity index (χ0n) is 13.5. The Kier molecular flexibility index (Phi) is 3.89. The first-order chi connectivity index (χ1) is 12.2. The highest BCUT2D eigenvalue weighted by Crippen LogP contribution is 2.16. The Bertz CT molecular complexity index is 963. The second-order valence-electron chi connectivity index (χ2n) is 5.85. The number of piperazine rings is 1. The predicted octanol–water partition coefficient (Wildman–Crippen LogP) is 1.55. The fraction of sp³-hybridized carbons (Fsp3) is 0.222. The van der Waals surface area contributed by atoms with Gasteiger partial charge in [-0.15, -0.1) is 5.10 Å². The first kappa shape index (κ1) is 15.3. The number of anilines is 1. The van der Waals surface area contributed by atoms with Crippen molar-refractivity contribution in [1.29, 1.82) is 0 Å². The van der Waals surface area contributed by atoms with Crippen molar-refractivity contribution in [2.75, 3.05) is 31.1 Å². The Hall–Kier alpha value is -3.22. The van der Waals surface area contributed by atoms with Crippen LogP contribution in [0.3, 0.4) is 0 Å². The highest BCUT2D eigenvalue weighted by molar-refractivity contribution is 5.96. The van der Waals surface area contributed by atoms with Crippen molar-refractivity contribution in [3.63, 3.8) is 0 Å². The molecule has 1 aliphatic rings. The van der Waals surface area contributed by atoms with E-state index in [-0.39, 0.29) is 11.5 Å². The summed E-state index contributed by atoms with van der Waals surface area (Å²) in [6.07, 6.45) is 1.63. The van der Waals surface area contributed by atoms with Crippen LogP contribution in [0.5, 0.6) is 0 Å². The Morgan fingerprint density at radius 1 is 1.04 bits per heavy atom. The van der Waals surface area contributed by atoms with Crippen LogP contribution >= 0.6 is 0 Å². The van der Waals surface area contributed by atoms with E-state index in [0.717, 1.165) is 11.2 Å². The van der Waals surface area contributed by atoms with E-state index in [1.807, 2.05) is 24.3 Å². The average Bonchev–Trinajstić information content (AvgIpc) is 2.68. The van der Waals surface area contributed by atoms with Gasteiger partial charge in [0.1, 0.15) is 11.1 Å². The Balaban J connectivity index is 1.53. The molecule has 7 heteroatoms. The van der Waals surface area contributed by atoms with Crippen molar-refractivity contribution < 1.29 is 9.21 Å². The molecule has 126 valence electrons. The fourth-order valence-corrected chi connectivity index (χ4v) is 2.98. The van der Waals surface area contributed by atoms with Gasteiger partial charge in [0.15, 0.2) is 5.82 Å². The van der Waals surface area contributed by atoms with Gasteiger partial charge in [0, 0.05) is 37.8 Å². The summed E-state index contributed by atoms with van der Waals surface area (Å²) in [6, 6.07) is 12.5. The number of carbonyl (C=O) groups is 1. The standard InChI is InChI=1S/C18H16N4O3/c23-17(14-12-13-4-1-2-5-15(13)25-18(14)24)22-10-8-21(9-11-22)16-6-3-7-19-20-16/h1-7,12H,8-11H2. The van der Waals surface area contributed by atoms with Crippen molar-refractivity contribution in [2.45, 2.75) is 0 Å². The molecule has 1 aromatic carbocycles. The molecular formula is C18H16N4O3. The maximum atomic E-state index is 12.7. The van der Waals surface area contributed by atoms with Gasteiger partial charge in [0.2, 0.25) is 0 Å². The molecule has 4 rings (SSSR count). The second kappa shape index (κ2) is 6.35. The molecule has 7 nitrogen and oxygen atoms in total. The fourth-order valence-electron chi connectivity index (χ4n) is 2.98. The van der Waals surface area contributed by atoms with E-state index in [2.05, 4.69) is 15.1 Å². The van der Waals surface area contributed by atoms with Crippen molar-refractivity contribution in [3.8, 4) is 0 Å². The number of amides is 1. The van der Waals surface area contributed by atoms with Gasteiger partial charge in [-0.2, -0.15) is 5.10 Å². The van der Waals surface area contributed by atoms with Crippen molar-refractivity contribution in [1.82, 2.24) is 15.1 Å². The van der Waals surface area contributed by atoms with Crippen LogP contribution < -0.4 is 10.5 Å². The van der Waals surface area contributed by atoms with Crippen molar-refractivity contribution in [2.24, 2.45) is 0 Å². The molecule has 25 heavy (non-hydrogen) atoms. The van der Waals surface area contributed by atoms with Crippen LogP contribution in [0.4, 0.5) is 5.82 Å². The maximum Gasteiger partial charge on any atom is 0.349 e. The lowest BCUT2D eigenvalue weighted by Crippen LogP contribution is -2.49. The third-order valence-electron chi connectivity index (χ3n) is 4.32. The number of benzene rings is 1. The van der Waals surface area contributed by atoms with Crippen LogP contribution in [0, 0.1) is 0 Å². The van der Waals surface area contributed by atoms with E-state index in [9.17, 15) is 9.59 Å². The molecule has 3 aromatic rings. The van der Waals surface area contributed by atoms with Crippen molar-refractivity contribution >= 4 is 22.7 Å². The van der Waals surface area contributed by atoms with Gasteiger partial charge >= 0.3 is 5.63 Å². The third kappa shape index (κ3) is 2.96. The van der Waals surface area contributed by atoms with Crippen LogP contribution in [0.1, 0.15) is 10.4 Å². The van der Waals surface area contributed by atoms with Gasteiger partial charge in [-0.25, -0.2) is 4.79 Å². The Morgan fingerprint density at radius 2 is 1.84 bits per heavy atom. The quantitative estimate of drug-likeness (QED) is 0.661. The third-order valence-corrected chi connectivity index (χ3v) is 4.32. The van der Waals surface area contributed by atoms with Crippen molar-refractivity contribution in [3.05, 3.63) is 64.6 Å².